The normalized spacial score (nSPS) is 9.44. The smallest absolute Gasteiger partial charge is 0.0562 e. The van der Waals surface area contributed by atoms with Gasteiger partial charge in [0, 0.05) is 18.3 Å². The van der Waals surface area contributed by atoms with Crippen molar-refractivity contribution in [3.05, 3.63) is 24.5 Å². The molecule has 0 aliphatic carbocycles. The molecule has 0 saturated carbocycles. The van der Waals surface area contributed by atoms with Crippen molar-refractivity contribution < 1.29 is 0 Å². The monoisotopic (exact) mass is 123 g/mol. The molecule has 9 heavy (non-hydrogen) atoms. The highest BCUT2D eigenvalue weighted by Gasteiger charge is 1.94. The third-order valence-corrected chi connectivity index (χ3v) is 1.15. The second kappa shape index (κ2) is 2.46. The molecule has 1 heterocycles. The molecule has 0 spiro atoms. The Hall–Kier alpha value is -1.09. The Labute approximate surface area is 53.6 Å². The molecular weight excluding hydrogens is 114 g/mol. The van der Waals surface area contributed by atoms with E-state index in [9.17, 15) is 0 Å². The zero-order valence-corrected chi connectivity index (χ0v) is 5.09. The molecule has 1 aromatic rings. The van der Waals surface area contributed by atoms with Gasteiger partial charge >= 0.3 is 0 Å². The van der Waals surface area contributed by atoms with E-state index in [2.05, 4.69) is 16.8 Å². The summed E-state index contributed by atoms with van der Waals surface area (Å²) in [6, 6.07) is 0. The first kappa shape index (κ1) is 6.04. The summed E-state index contributed by atoms with van der Waals surface area (Å²) in [7, 11) is 0. The molecule has 0 fully saturated rings. The predicted octanol–water partition coefficient (Wildman–Crippen LogP) is 0.382. The van der Waals surface area contributed by atoms with E-state index >= 15 is 0 Å². The molecule has 0 atom stereocenters. The van der Waals surface area contributed by atoms with Gasteiger partial charge in [-0.25, -0.2) is 0 Å². The van der Waals surface area contributed by atoms with Crippen LogP contribution in [0, 0.1) is 0 Å². The first-order valence-corrected chi connectivity index (χ1v) is 2.71. The standard InChI is InChI=1S/C6H9N3/c1-5(2-7)6-3-8-9-4-6/h3-4H,1-2,7H2,(H,8,9). The first-order valence-electron chi connectivity index (χ1n) is 2.71. The van der Waals surface area contributed by atoms with Crippen LogP contribution in [0.2, 0.25) is 0 Å². The maximum atomic E-state index is 5.32. The van der Waals surface area contributed by atoms with Gasteiger partial charge in [-0.05, 0) is 5.57 Å². The SMILES string of the molecule is C=C(CN)c1cn[nH]c1. The number of H-pyrrole nitrogens is 1. The number of hydrogen-bond donors (Lipinski definition) is 2. The topological polar surface area (TPSA) is 54.7 Å². The number of hydrogen-bond acceptors (Lipinski definition) is 2. The van der Waals surface area contributed by atoms with Gasteiger partial charge in [-0.3, -0.25) is 5.10 Å². The molecule has 3 heteroatoms. The number of nitrogens with two attached hydrogens (primary N) is 1. The van der Waals surface area contributed by atoms with E-state index in [-0.39, 0.29) is 0 Å². The van der Waals surface area contributed by atoms with Crippen LogP contribution >= 0.6 is 0 Å². The van der Waals surface area contributed by atoms with E-state index in [1.54, 1.807) is 12.4 Å². The zero-order chi connectivity index (χ0) is 6.69. The molecular formula is C6H9N3. The summed E-state index contributed by atoms with van der Waals surface area (Å²) >= 11 is 0. The fourth-order valence-corrected chi connectivity index (χ4v) is 0.562. The highest BCUT2D eigenvalue weighted by molar-refractivity contribution is 5.62. The minimum Gasteiger partial charge on any atom is -0.326 e. The quantitative estimate of drug-likeness (QED) is 0.597. The van der Waals surface area contributed by atoms with E-state index in [1.807, 2.05) is 0 Å². The second-order valence-corrected chi connectivity index (χ2v) is 1.79. The van der Waals surface area contributed by atoms with E-state index in [4.69, 9.17) is 5.73 Å². The molecule has 1 rings (SSSR count). The van der Waals surface area contributed by atoms with Crippen molar-refractivity contribution in [3.63, 3.8) is 0 Å². The number of nitrogens with zero attached hydrogens (tertiary/aromatic N) is 1. The van der Waals surface area contributed by atoms with Crippen molar-refractivity contribution in [1.82, 2.24) is 10.2 Å². The molecule has 0 radical (unpaired) electrons. The molecule has 48 valence electrons. The van der Waals surface area contributed by atoms with Gasteiger partial charge in [-0.2, -0.15) is 5.10 Å². The van der Waals surface area contributed by atoms with E-state index in [0.717, 1.165) is 11.1 Å². The van der Waals surface area contributed by atoms with Gasteiger partial charge in [0.1, 0.15) is 0 Å². The minimum absolute atomic E-state index is 0.486. The number of rotatable bonds is 2. The average Bonchev–Trinajstić information content (AvgIpc) is 2.37. The van der Waals surface area contributed by atoms with Crippen LogP contribution < -0.4 is 5.73 Å². The number of aromatic amines is 1. The molecule has 0 saturated heterocycles. The zero-order valence-electron chi connectivity index (χ0n) is 5.09. The molecule has 1 aromatic heterocycles. The molecule has 3 N–H and O–H groups in total. The minimum atomic E-state index is 0.486. The lowest BCUT2D eigenvalue weighted by atomic mass is 10.2. The fraction of sp³-hybridized carbons (Fsp3) is 0.167. The molecule has 0 aromatic carbocycles. The first-order chi connectivity index (χ1) is 4.34. The maximum Gasteiger partial charge on any atom is 0.0562 e. The summed E-state index contributed by atoms with van der Waals surface area (Å²) in [6.07, 6.45) is 3.48. The van der Waals surface area contributed by atoms with Gasteiger partial charge in [0.05, 0.1) is 6.20 Å². The molecule has 0 aliphatic rings. The van der Waals surface area contributed by atoms with Crippen LogP contribution in [0.15, 0.2) is 19.0 Å². The summed E-state index contributed by atoms with van der Waals surface area (Å²) < 4.78 is 0. The van der Waals surface area contributed by atoms with Gasteiger partial charge in [0.25, 0.3) is 0 Å². The summed E-state index contributed by atoms with van der Waals surface area (Å²) in [5.74, 6) is 0. The molecule has 3 nitrogen and oxygen atoms in total. The van der Waals surface area contributed by atoms with Crippen LogP contribution in [0.4, 0.5) is 0 Å². The molecule has 0 aliphatic heterocycles. The van der Waals surface area contributed by atoms with Crippen molar-refractivity contribution in [1.29, 1.82) is 0 Å². The van der Waals surface area contributed by atoms with Crippen LogP contribution in [-0.2, 0) is 0 Å². The number of nitrogens with one attached hydrogen (secondary N) is 1. The average molecular weight is 123 g/mol. The van der Waals surface area contributed by atoms with Crippen LogP contribution in [0.25, 0.3) is 5.57 Å². The van der Waals surface area contributed by atoms with E-state index in [0.29, 0.717) is 6.54 Å². The lowest BCUT2D eigenvalue weighted by molar-refractivity contribution is 1.09. The largest absolute Gasteiger partial charge is 0.326 e. The lowest BCUT2D eigenvalue weighted by Crippen LogP contribution is -1.99. The predicted molar refractivity (Wildman–Crippen MR) is 36.7 cm³/mol. The highest BCUT2D eigenvalue weighted by Crippen LogP contribution is 2.05. The second-order valence-electron chi connectivity index (χ2n) is 1.79. The Morgan fingerprint density at radius 1 is 1.89 bits per heavy atom. The van der Waals surface area contributed by atoms with Gasteiger partial charge in [0.2, 0.25) is 0 Å². The van der Waals surface area contributed by atoms with Crippen LogP contribution in [0.5, 0.6) is 0 Å². The van der Waals surface area contributed by atoms with Crippen molar-refractivity contribution in [2.75, 3.05) is 6.54 Å². The maximum absolute atomic E-state index is 5.32. The summed E-state index contributed by atoms with van der Waals surface area (Å²) in [5, 5.41) is 6.43. The molecule has 0 unspecified atom stereocenters. The number of aromatic nitrogens is 2. The summed E-state index contributed by atoms with van der Waals surface area (Å²) in [5.41, 5.74) is 7.21. The van der Waals surface area contributed by atoms with Crippen LogP contribution in [-0.4, -0.2) is 16.7 Å². The van der Waals surface area contributed by atoms with Gasteiger partial charge in [-0.1, -0.05) is 6.58 Å². The van der Waals surface area contributed by atoms with E-state index in [1.165, 1.54) is 0 Å². The summed E-state index contributed by atoms with van der Waals surface area (Å²) in [6.45, 7) is 4.22. The van der Waals surface area contributed by atoms with Crippen molar-refractivity contribution in [3.8, 4) is 0 Å². The van der Waals surface area contributed by atoms with Crippen LogP contribution in [0.1, 0.15) is 5.56 Å². The Kier molecular flexibility index (Phi) is 1.65. The molecule has 0 bridgehead atoms. The lowest BCUT2D eigenvalue weighted by Gasteiger charge is -1.92. The Morgan fingerprint density at radius 2 is 2.67 bits per heavy atom. The Bertz CT molecular complexity index is 188. The highest BCUT2D eigenvalue weighted by atomic mass is 15.1. The van der Waals surface area contributed by atoms with E-state index < -0.39 is 0 Å². The van der Waals surface area contributed by atoms with Gasteiger partial charge in [0.15, 0.2) is 0 Å². The third kappa shape index (κ3) is 1.17. The Morgan fingerprint density at radius 3 is 3.11 bits per heavy atom. The van der Waals surface area contributed by atoms with Crippen LogP contribution in [0.3, 0.4) is 0 Å². The molecule has 0 amide bonds. The van der Waals surface area contributed by atoms with Gasteiger partial charge in [-0.15, -0.1) is 0 Å². The third-order valence-electron chi connectivity index (χ3n) is 1.15. The van der Waals surface area contributed by atoms with Gasteiger partial charge < -0.3 is 5.73 Å². The summed E-state index contributed by atoms with van der Waals surface area (Å²) in [4.78, 5) is 0. The Balaban J connectivity index is 2.77. The van der Waals surface area contributed by atoms with Crippen molar-refractivity contribution in [2.24, 2.45) is 5.73 Å². The van der Waals surface area contributed by atoms with Crippen molar-refractivity contribution in [2.45, 2.75) is 0 Å². The van der Waals surface area contributed by atoms with Crippen molar-refractivity contribution >= 4 is 5.57 Å². The fourth-order valence-electron chi connectivity index (χ4n) is 0.562.